The molecule has 1 unspecified atom stereocenters. The minimum absolute atomic E-state index is 0.272. The molecule has 1 aromatic heterocycles. The highest BCUT2D eigenvalue weighted by Gasteiger charge is 2.14. The van der Waals surface area contributed by atoms with Crippen LogP contribution < -0.4 is 5.73 Å². The number of carboxylic acid groups (broad SMARTS) is 1. The second kappa shape index (κ2) is 3.70. The topological polar surface area (TPSA) is 89.4 Å². The van der Waals surface area contributed by atoms with Gasteiger partial charge in [-0.3, -0.25) is 4.79 Å². The number of rotatable bonds is 3. The third kappa shape index (κ3) is 1.82. The molecule has 3 N–H and O–H groups in total. The number of hydrogen-bond acceptors (Lipinski definition) is 4. The lowest BCUT2D eigenvalue weighted by Gasteiger charge is -2.06. The van der Waals surface area contributed by atoms with E-state index < -0.39 is 12.0 Å². The highest BCUT2D eigenvalue weighted by atomic mass is 16.5. The van der Waals surface area contributed by atoms with Crippen molar-refractivity contribution in [3.05, 3.63) is 30.0 Å². The molecule has 0 bridgehead atoms. The largest absolute Gasteiger partial charge is 0.480 e. The Balaban J connectivity index is 2.35. The fourth-order valence-corrected chi connectivity index (χ4v) is 1.45. The highest BCUT2D eigenvalue weighted by molar-refractivity contribution is 5.81. The zero-order chi connectivity index (χ0) is 10.8. The number of hydrogen-bond donors (Lipinski definition) is 2. The zero-order valence-electron chi connectivity index (χ0n) is 7.88. The molecule has 2 aromatic rings. The van der Waals surface area contributed by atoms with Crippen LogP contribution in [0.15, 0.2) is 28.9 Å². The molecular formula is C10H10N2O3. The van der Waals surface area contributed by atoms with Gasteiger partial charge in [0, 0.05) is 5.39 Å². The molecule has 1 atom stereocenters. The molecule has 0 saturated heterocycles. The second-order valence-corrected chi connectivity index (χ2v) is 3.30. The van der Waals surface area contributed by atoms with E-state index in [0.717, 1.165) is 10.9 Å². The number of fused-ring (bicyclic) bond motifs is 1. The standard InChI is InChI=1S/C10H10N2O3/c11-8(10(13)14)4-6-2-1-3-9-7(6)5-12-15-9/h1-3,5,8H,4,11H2,(H,13,14). The molecule has 0 saturated carbocycles. The minimum atomic E-state index is -1.01. The maximum Gasteiger partial charge on any atom is 0.320 e. The Morgan fingerprint density at radius 2 is 2.40 bits per heavy atom. The van der Waals surface area contributed by atoms with Gasteiger partial charge in [0.15, 0.2) is 5.58 Å². The molecular weight excluding hydrogens is 196 g/mol. The maximum atomic E-state index is 10.6. The Morgan fingerprint density at radius 1 is 1.60 bits per heavy atom. The molecule has 0 fully saturated rings. The van der Waals surface area contributed by atoms with Gasteiger partial charge in [0.2, 0.25) is 0 Å². The summed E-state index contributed by atoms with van der Waals surface area (Å²) in [5.41, 5.74) is 6.94. The summed E-state index contributed by atoms with van der Waals surface area (Å²) in [6, 6.07) is 4.49. The first-order valence-electron chi connectivity index (χ1n) is 4.49. The van der Waals surface area contributed by atoms with Gasteiger partial charge in [-0.05, 0) is 18.1 Å². The summed E-state index contributed by atoms with van der Waals surface area (Å²) in [4.78, 5) is 10.6. The number of aromatic nitrogens is 1. The molecule has 0 aliphatic carbocycles. The average Bonchev–Trinajstić information content (AvgIpc) is 2.66. The van der Waals surface area contributed by atoms with Crippen LogP contribution in [0.2, 0.25) is 0 Å². The molecule has 0 amide bonds. The van der Waals surface area contributed by atoms with Gasteiger partial charge in [0.25, 0.3) is 0 Å². The van der Waals surface area contributed by atoms with Crippen molar-refractivity contribution in [2.75, 3.05) is 0 Å². The predicted octanol–water partition coefficient (Wildman–Crippen LogP) is 0.782. The van der Waals surface area contributed by atoms with E-state index in [-0.39, 0.29) is 6.42 Å². The van der Waals surface area contributed by atoms with E-state index in [1.165, 1.54) is 0 Å². The van der Waals surface area contributed by atoms with Crippen LogP contribution in [-0.4, -0.2) is 22.3 Å². The van der Waals surface area contributed by atoms with Crippen molar-refractivity contribution in [1.82, 2.24) is 5.16 Å². The fourth-order valence-electron chi connectivity index (χ4n) is 1.45. The Hall–Kier alpha value is -1.88. The van der Waals surface area contributed by atoms with E-state index >= 15 is 0 Å². The lowest BCUT2D eigenvalue weighted by molar-refractivity contribution is -0.138. The first-order valence-corrected chi connectivity index (χ1v) is 4.49. The smallest absolute Gasteiger partial charge is 0.320 e. The van der Waals surface area contributed by atoms with Crippen molar-refractivity contribution < 1.29 is 14.4 Å². The van der Waals surface area contributed by atoms with Crippen LogP contribution in [0.3, 0.4) is 0 Å². The minimum Gasteiger partial charge on any atom is -0.480 e. The Morgan fingerprint density at radius 3 is 3.13 bits per heavy atom. The van der Waals surface area contributed by atoms with Gasteiger partial charge in [-0.2, -0.15) is 0 Å². The Kier molecular flexibility index (Phi) is 2.39. The fraction of sp³-hybridized carbons (Fsp3) is 0.200. The maximum absolute atomic E-state index is 10.6. The van der Waals surface area contributed by atoms with Crippen molar-refractivity contribution in [3.63, 3.8) is 0 Å². The Labute approximate surface area is 85.5 Å². The van der Waals surface area contributed by atoms with Crippen LogP contribution in [0.4, 0.5) is 0 Å². The summed E-state index contributed by atoms with van der Waals surface area (Å²) in [5.74, 6) is -1.01. The monoisotopic (exact) mass is 206 g/mol. The van der Waals surface area contributed by atoms with Gasteiger partial charge < -0.3 is 15.4 Å². The summed E-state index contributed by atoms with van der Waals surface area (Å²) in [7, 11) is 0. The van der Waals surface area contributed by atoms with Crippen LogP contribution in [0, 0.1) is 0 Å². The van der Waals surface area contributed by atoms with E-state index in [4.69, 9.17) is 15.4 Å². The van der Waals surface area contributed by atoms with E-state index in [0.29, 0.717) is 5.58 Å². The average molecular weight is 206 g/mol. The van der Waals surface area contributed by atoms with Gasteiger partial charge in [-0.15, -0.1) is 0 Å². The van der Waals surface area contributed by atoms with Crippen LogP contribution in [0.25, 0.3) is 11.0 Å². The summed E-state index contributed by atoms with van der Waals surface area (Å²) >= 11 is 0. The molecule has 0 radical (unpaired) electrons. The Bertz CT molecular complexity index is 492. The first-order chi connectivity index (χ1) is 7.18. The third-order valence-corrected chi connectivity index (χ3v) is 2.25. The molecule has 1 aromatic carbocycles. The van der Waals surface area contributed by atoms with Gasteiger partial charge in [-0.1, -0.05) is 17.3 Å². The lowest BCUT2D eigenvalue weighted by atomic mass is 10.0. The molecule has 5 nitrogen and oxygen atoms in total. The van der Waals surface area contributed by atoms with Gasteiger partial charge in [-0.25, -0.2) is 0 Å². The van der Waals surface area contributed by atoms with Gasteiger partial charge >= 0.3 is 5.97 Å². The van der Waals surface area contributed by atoms with Crippen molar-refractivity contribution in [2.45, 2.75) is 12.5 Å². The van der Waals surface area contributed by atoms with Crippen LogP contribution in [0.5, 0.6) is 0 Å². The van der Waals surface area contributed by atoms with Crippen LogP contribution in [-0.2, 0) is 11.2 Å². The van der Waals surface area contributed by atoms with Crippen LogP contribution in [0.1, 0.15) is 5.56 Å². The summed E-state index contributed by atoms with van der Waals surface area (Å²) in [6.07, 6.45) is 1.84. The van der Waals surface area contributed by atoms with E-state index in [2.05, 4.69) is 5.16 Å². The molecule has 5 heteroatoms. The number of carbonyl (C=O) groups is 1. The molecule has 0 aliphatic heterocycles. The summed E-state index contributed by atoms with van der Waals surface area (Å²) in [6.45, 7) is 0. The second-order valence-electron chi connectivity index (χ2n) is 3.30. The number of nitrogens with two attached hydrogens (primary N) is 1. The van der Waals surface area contributed by atoms with Gasteiger partial charge in [0.1, 0.15) is 6.04 Å². The number of aliphatic carboxylic acids is 1. The number of benzene rings is 1. The predicted molar refractivity (Wildman–Crippen MR) is 53.3 cm³/mol. The molecule has 0 aliphatic rings. The van der Waals surface area contributed by atoms with Crippen molar-refractivity contribution >= 4 is 16.9 Å². The first kappa shape index (κ1) is 9.67. The zero-order valence-corrected chi connectivity index (χ0v) is 7.88. The number of carboxylic acids is 1. The quantitative estimate of drug-likeness (QED) is 0.774. The van der Waals surface area contributed by atoms with Crippen molar-refractivity contribution in [3.8, 4) is 0 Å². The molecule has 0 spiro atoms. The molecule has 78 valence electrons. The van der Waals surface area contributed by atoms with E-state index in [1.807, 2.05) is 6.07 Å². The molecule has 1 heterocycles. The van der Waals surface area contributed by atoms with E-state index in [1.54, 1.807) is 18.3 Å². The SMILES string of the molecule is NC(Cc1cccc2oncc12)C(=O)O. The normalized spacial score (nSPS) is 12.9. The van der Waals surface area contributed by atoms with Crippen LogP contribution >= 0.6 is 0 Å². The summed E-state index contributed by atoms with van der Waals surface area (Å²) < 4.78 is 4.96. The van der Waals surface area contributed by atoms with Crippen molar-refractivity contribution in [2.24, 2.45) is 5.73 Å². The number of nitrogens with zero attached hydrogens (tertiary/aromatic N) is 1. The molecule has 2 rings (SSSR count). The van der Waals surface area contributed by atoms with Gasteiger partial charge in [0.05, 0.1) is 6.20 Å². The van der Waals surface area contributed by atoms with E-state index in [9.17, 15) is 4.79 Å². The molecule has 15 heavy (non-hydrogen) atoms. The third-order valence-electron chi connectivity index (χ3n) is 2.25. The summed E-state index contributed by atoms with van der Waals surface area (Å²) in [5, 5.41) is 13.2. The highest BCUT2D eigenvalue weighted by Crippen LogP contribution is 2.19. The van der Waals surface area contributed by atoms with Crippen molar-refractivity contribution in [1.29, 1.82) is 0 Å². The lowest BCUT2D eigenvalue weighted by Crippen LogP contribution is -2.32.